The number of carbonyl (C=O) groups is 1. The maximum Gasteiger partial charge on any atom is 0.314 e. The van der Waals surface area contributed by atoms with Gasteiger partial charge >= 0.3 is 5.97 Å². The van der Waals surface area contributed by atoms with E-state index >= 15 is 0 Å². The third-order valence-corrected chi connectivity index (χ3v) is 8.30. The molecule has 0 spiro atoms. The molecule has 4 aromatic rings. The minimum atomic E-state index is -3.51. The van der Waals surface area contributed by atoms with E-state index in [1.54, 1.807) is 24.3 Å². The Balaban J connectivity index is 1.33. The number of carboxylic acids is 1. The summed E-state index contributed by atoms with van der Waals surface area (Å²) in [5.41, 5.74) is 3.77. The van der Waals surface area contributed by atoms with Crippen LogP contribution in [0.5, 0.6) is 0 Å². The second-order valence-electron chi connectivity index (χ2n) is 8.85. The summed E-state index contributed by atoms with van der Waals surface area (Å²) in [7, 11) is -3.51. The number of rotatable bonds is 8. The first-order valence-corrected chi connectivity index (χ1v) is 13.3. The highest BCUT2D eigenvalue weighted by Crippen LogP contribution is 2.48. The fourth-order valence-corrected chi connectivity index (χ4v) is 6.08. The zero-order valence-corrected chi connectivity index (χ0v) is 20.2. The van der Waals surface area contributed by atoms with Gasteiger partial charge in [0.15, 0.2) is 15.6 Å². The van der Waals surface area contributed by atoms with Crippen LogP contribution in [0.25, 0.3) is 22.5 Å². The molecule has 0 bridgehead atoms. The molecule has 0 aliphatic heterocycles. The topological polar surface area (TPSA) is 97.5 Å². The molecule has 35 heavy (non-hydrogen) atoms. The van der Waals surface area contributed by atoms with E-state index in [0.29, 0.717) is 40.3 Å². The van der Waals surface area contributed by atoms with Crippen molar-refractivity contribution >= 4 is 27.4 Å². The Hall–Kier alpha value is -3.42. The summed E-state index contributed by atoms with van der Waals surface area (Å²) in [5, 5.41) is 13.7. The van der Waals surface area contributed by atoms with E-state index in [-0.39, 0.29) is 11.5 Å². The van der Waals surface area contributed by atoms with Gasteiger partial charge in [0.05, 0.1) is 23.1 Å². The predicted octanol–water partition coefficient (Wildman–Crippen LogP) is 5.89. The van der Waals surface area contributed by atoms with Crippen LogP contribution < -0.4 is 0 Å². The molecular weight excluding hydrogens is 486 g/mol. The van der Waals surface area contributed by atoms with Gasteiger partial charge in [-0.05, 0) is 41.2 Å². The van der Waals surface area contributed by atoms with E-state index in [1.807, 2.05) is 48.5 Å². The Bertz CT molecular complexity index is 1490. The minimum Gasteiger partial charge on any atom is -0.481 e. The van der Waals surface area contributed by atoms with E-state index in [2.05, 4.69) is 5.16 Å². The van der Waals surface area contributed by atoms with Crippen LogP contribution in [0.15, 0.2) is 83.5 Å². The lowest BCUT2D eigenvalue weighted by Gasteiger charge is -2.11. The molecule has 0 radical (unpaired) electrons. The molecule has 6 nitrogen and oxygen atoms in total. The summed E-state index contributed by atoms with van der Waals surface area (Å²) in [4.78, 5) is 11.6. The molecule has 1 saturated carbocycles. The van der Waals surface area contributed by atoms with Crippen molar-refractivity contribution in [1.29, 1.82) is 0 Å². The second kappa shape index (κ2) is 8.98. The molecule has 8 heteroatoms. The lowest BCUT2D eigenvalue weighted by molar-refractivity contribution is -0.140. The van der Waals surface area contributed by atoms with Gasteiger partial charge in [0.1, 0.15) is 0 Å². The highest BCUT2D eigenvalue weighted by atomic mass is 35.5. The molecule has 1 aliphatic carbocycles. The summed E-state index contributed by atoms with van der Waals surface area (Å²) in [5.74, 6) is -0.751. The first-order valence-electron chi connectivity index (χ1n) is 11.1. The minimum absolute atomic E-state index is 0.171. The van der Waals surface area contributed by atoms with Crippen molar-refractivity contribution < 1.29 is 22.8 Å². The van der Waals surface area contributed by atoms with Gasteiger partial charge in [-0.15, -0.1) is 0 Å². The quantitative estimate of drug-likeness (QED) is 0.319. The summed E-state index contributed by atoms with van der Waals surface area (Å²) in [6.07, 6.45) is 2.77. The maximum atomic E-state index is 12.8. The van der Waals surface area contributed by atoms with Gasteiger partial charge in [-0.1, -0.05) is 83.5 Å². The molecule has 0 atom stereocenters. The summed E-state index contributed by atoms with van der Waals surface area (Å²) in [6.45, 7) is 0. The van der Waals surface area contributed by atoms with Crippen molar-refractivity contribution in [2.24, 2.45) is 0 Å². The third kappa shape index (κ3) is 4.74. The van der Waals surface area contributed by atoms with E-state index < -0.39 is 21.2 Å². The molecule has 1 heterocycles. The van der Waals surface area contributed by atoms with Crippen LogP contribution in [-0.2, 0) is 31.6 Å². The lowest BCUT2D eigenvalue weighted by atomic mass is 9.93. The number of aromatic nitrogens is 1. The van der Waals surface area contributed by atoms with Crippen molar-refractivity contribution in [3.8, 4) is 22.5 Å². The number of sulfone groups is 1. The Kier molecular flexibility index (Phi) is 5.99. The highest BCUT2D eigenvalue weighted by Gasteiger charge is 2.51. The van der Waals surface area contributed by atoms with Crippen molar-refractivity contribution in [2.45, 2.75) is 29.8 Å². The molecule has 5 rings (SSSR count). The van der Waals surface area contributed by atoms with Crippen LogP contribution in [0.3, 0.4) is 0 Å². The maximum absolute atomic E-state index is 12.8. The Morgan fingerprint density at radius 3 is 2.06 bits per heavy atom. The average Bonchev–Trinajstić information content (AvgIpc) is 3.55. The number of benzene rings is 3. The SMILES string of the molecule is O=C(O)C1(c2ccc(-c3ccc(-c4oncc4CS(=O)(=O)Cc4ccccc4Cl)cc3)cc2)CC1. The first kappa shape index (κ1) is 23.3. The monoisotopic (exact) mass is 507 g/mol. The van der Waals surface area contributed by atoms with E-state index in [4.69, 9.17) is 16.1 Å². The van der Waals surface area contributed by atoms with Crippen LogP contribution in [0, 0.1) is 0 Å². The molecule has 0 amide bonds. The predicted molar refractivity (Wildman–Crippen MR) is 134 cm³/mol. The lowest BCUT2D eigenvalue weighted by Crippen LogP contribution is -2.19. The van der Waals surface area contributed by atoms with Crippen LogP contribution in [0.4, 0.5) is 0 Å². The largest absolute Gasteiger partial charge is 0.481 e. The molecule has 0 saturated heterocycles. The molecule has 1 aliphatic rings. The van der Waals surface area contributed by atoms with E-state index in [9.17, 15) is 18.3 Å². The Morgan fingerprint density at radius 2 is 1.46 bits per heavy atom. The Morgan fingerprint density at radius 1 is 0.886 bits per heavy atom. The normalized spacial score (nSPS) is 14.5. The van der Waals surface area contributed by atoms with Gasteiger partial charge < -0.3 is 9.63 Å². The fraction of sp³-hybridized carbons (Fsp3) is 0.185. The highest BCUT2D eigenvalue weighted by molar-refractivity contribution is 7.89. The van der Waals surface area contributed by atoms with Crippen molar-refractivity contribution in [3.63, 3.8) is 0 Å². The van der Waals surface area contributed by atoms with Crippen molar-refractivity contribution in [1.82, 2.24) is 5.16 Å². The first-order chi connectivity index (χ1) is 16.8. The van der Waals surface area contributed by atoms with Crippen LogP contribution in [0.2, 0.25) is 5.02 Å². The van der Waals surface area contributed by atoms with Crippen LogP contribution in [0.1, 0.15) is 29.5 Å². The third-order valence-electron chi connectivity index (χ3n) is 6.43. The second-order valence-corrected chi connectivity index (χ2v) is 11.3. The number of hydrogen-bond acceptors (Lipinski definition) is 5. The number of aliphatic carboxylic acids is 1. The number of hydrogen-bond donors (Lipinski definition) is 1. The average molecular weight is 508 g/mol. The van der Waals surface area contributed by atoms with E-state index in [0.717, 1.165) is 16.7 Å². The van der Waals surface area contributed by atoms with Crippen molar-refractivity contribution in [3.05, 3.63) is 101 Å². The number of halogens is 1. The number of carboxylic acid groups (broad SMARTS) is 1. The van der Waals surface area contributed by atoms with Gasteiger partial charge in [0.2, 0.25) is 0 Å². The van der Waals surface area contributed by atoms with Gasteiger partial charge in [0.25, 0.3) is 0 Å². The van der Waals surface area contributed by atoms with Crippen LogP contribution >= 0.6 is 11.6 Å². The summed E-state index contributed by atoms with van der Waals surface area (Å²) in [6, 6.07) is 22.0. The van der Waals surface area contributed by atoms with Crippen LogP contribution in [-0.4, -0.2) is 24.7 Å². The molecular formula is C27H22ClNO5S. The molecule has 0 unspecified atom stereocenters. The molecule has 1 N–H and O–H groups in total. The smallest absolute Gasteiger partial charge is 0.314 e. The van der Waals surface area contributed by atoms with Gasteiger partial charge in [-0.25, -0.2) is 8.42 Å². The zero-order chi connectivity index (χ0) is 24.6. The Labute approximate surface area is 208 Å². The zero-order valence-electron chi connectivity index (χ0n) is 18.6. The summed E-state index contributed by atoms with van der Waals surface area (Å²) < 4.78 is 31.0. The molecule has 178 valence electrons. The fourth-order valence-electron chi connectivity index (χ4n) is 4.29. The standard InChI is InChI=1S/C27H22ClNO5S/c28-24-4-2-1-3-21(24)16-35(32,33)17-22-15-29-34-25(22)20-7-5-18(6-8-20)19-9-11-23(12-10-19)27(13-14-27)26(30)31/h1-12,15H,13-14,16-17H2,(H,30,31). The van der Waals surface area contributed by atoms with E-state index in [1.165, 1.54) is 6.20 Å². The summed E-state index contributed by atoms with van der Waals surface area (Å²) >= 11 is 6.13. The van der Waals surface area contributed by atoms with Crippen molar-refractivity contribution in [2.75, 3.05) is 0 Å². The van der Waals surface area contributed by atoms with Gasteiger partial charge in [0, 0.05) is 16.1 Å². The molecule has 1 aromatic heterocycles. The van der Waals surface area contributed by atoms with Gasteiger partial charge in [-0.2, -0.15) is 0 Å². The number of nitrogens with zero attached hydrogens (tertiary/aromatic N) is 1. The van der Waals surface area contributed by atoms with Gasteiger partial charge in [-0.3, -0.25) is 4.79 Å². The molecule has 1 fully saturated rings. The molecule has 3 aromatic carbocycles.